The van der Waals surface area contributed by atoms with Crippen molar-refractivity contribution < 1.29 is 52.2 Å². The fourth-order valence-electron chi connectivity index (χ4n) is 9.14. The van der Waals surface area contributed by atoms with Crippen molar-refractivity contribution in [1.29, 1.82) is 0 Å². The Morgan fingerprint density at radius 3 is 1.05 bits per heavy atom. The number of phosphoric acid groups is 1. The molecule has 3 atom stereocenters. The van der Waals surface area contributed by atoms with E-state index in [0.717, 1.165) is 89.9 Å². The Balaban J connectivity index is 4.72. The van der Waals surface area contributed by atoms with Crippen LogP contribution >= 0.6 is 7.82 Å². The van der Waals surface area contributed by atoms with Gasteiger partial charge in [-0.05, 0) is 89.9 Å². The van der Waals surface area contributed by atoms with Crippen LogP contribution in [0.3, 0.4) is 0 Å². The number of rotatable bonds is 61. The number of allylic oxidation sites excluding steroid dienone is 12. The SMILES string of the molecule is CC/C=C\C/C=C\C/C=C\C/C=C\CCCCC(=O)OC(CO)COP(=O)(O)OCC(COC(=O)CCCCCCCCCCCCCCCCCCCCC)OC(=O)CCCCCCCCCCC/C=C\C/C=C\CCCCC. The standard InChI is InChI=1S/C68H121O11P/c1-4-7-10-13-16-19-22-25-28-30-32-34-37-39-42-45-48-51-54-57-66(70)75-61-65(79-68(72)59-56-53-50-47-44-41-38-35-33-31-29-26-23-20-17-14-11-8-5-2)63-77-80(73,74)76-62-64(60-69)78-67(71)58-55-52-49-46-43-40-36-27-24-21-18-15-12-9-6-3/h9,12,17-18,20-21,26-27,29,36,43,46,64-65,69H,4-8,10-11,13-16,19,22-25,28,30-35,37-42,44-45,47-63H2,1-3H3,(H,73,74)/b12-9-,20-17-,21-18-,29-26-,36-27-,46-43-. The molecule has 12 heteroatoms. The van der Waals surface area contributed by atoms with Gasteiger partial charge in [0.1, 0.15) is 12.7 Å². The van der Waals surface area contributed by atoms with Gasteiger partial charge in [-0.25, -0.2) is 4.57 Å². The quantitative estimate of drug-likeness (QED) is 0.0197. The number of unbranched alkanes of at least 4 members (excludes halogenated alkanes) is 32. The maximum atomic E-state index is 13.0. The molecule has 0 aromatic carbocycles. The van der Waals surface area contributed by atoms with E-state index in [2.05, 4.69) is 93.7 Å². The predicted octanol–water partition coefficient (Wildman–Crippen LogP) is 20.0. The zero-order valence-corrected chi connectivity index (χ0v) is 52.4. The van der Waals surface area contributed by atoms with Gasteiger partial charge in [-0.2, -0.15) is 0 Å². The molecule has 0 fully saturated rings. The molecule has 0 aliphatic carbocycles. The number of esters is 3. The maximum Gasteiger partial charge on any atom is 0.472 e. The Morgan fingerprint density at radius 1 is 0.362 bits per heavy atom. The molecule has 0 aliphatic heterocycles. The molecule has 0 aromatic heterocycles. The number of carbonyl (C=O) groups is 3. The number of aliphatic hydroxyl groups is 1. The molecular formula is C68H121O11P. The van der Waals surface area contributed by atoms with E-state index in [1.165, 1.54) is 154 Å². The van der Waals surface area contributed by atoms with Crippen LogP contribution in [0.2, 0.25) is 0 Å². The normalized spacial score (nSPS) is 13.7. The summed E-state index contributed by atoms with van der Waals surface area (Å²) in [5, 5.41) is 9.84. The smallest absolute Gasteiger partial charge is 0.462 e. The van der Waals surface area contributed by atoms with Gasteiger partial charge in [0.15, 0.2) is 6.10 Å². The van der Waals surface area contributed by atoms with Gasteiger partial charge < -0.3 is 24.2 Å². The van der Waals surface area contributed by atoms with Gasteiger partial charge in [0, 0.05) is 19.3 Å². The highest BCUT2D eigenvalue weighted by molar-refractivity contribution is 7.47. The highest BCUT2D eigenvalue weighted by atomic mass is 31.2. The molecular weight excluding hydrogens is 1020 g/mol. The van der Waals surface area contributed by atoms with Crippen LogP contribution in [0.4, 0.5) is 0 Å². The van der Waals surface area contributed by atoms with Crippen molar-refractivity contribution in [3.63, 3.8) is 0 Å². The maximum absolute atomic E-state index is 13.0. The Hall–Kier alpha value is -3.08. The number of hydrogen-bond donors (Lipinski definition) is 2. The first-order valence-electron chi connectivity index (χ1n) is 32.8. The van der Waals surface area contributed by atoms with E-state index in [0.29, 0.717) is 19.3 Å². The van der Waals surface area contributed by atoms with E-state index in [4.69, 9.17) is 23.3 Å². The van der Waals surface area contributed by atoms with E-state index in [9.17, 15) is 28.9 Å². The molecule has 11 nitrogen and oxygen atoms in total. The highest BCUT2D eigenvalue weighted by Gasteiger charge is 2.28. The minimum Gasteiger partial charge on any atom is -0.462 e. The molecule has 0 amide bonds. The van der Waals surface area contributed by atoms with Crippen molar-refractivity contribution in [3.8, 4) is 0 Å². The van der Waals surface area contributed by atoms with Crippen LogP contribution in [0.25, 0.3) is 0 Å². The number of hydrogen-bond acceptors (Lipinski definition) is 10. The third-order valence-electron chi connectivity index (χ3n) is 14.1. The Bertz CT molecular complexity index is 1620. The topological polar surface area (TPSA) is 155 Å². The van der Waals surface area contributed by atoms with Crippen LogP contribution < -0.4 is 0 Å². The van der Waals surface area contributed by atoms with Crippen LogP contribution in [0.5, 0.6) is 0 Å². The molecule has 0 aromatic rings. The lowest BCUT2D eigenvalue weighted by atomic mass is 10.0. The van der Waals surface area contributed by atoms with Gasteiger partial charge in [0.25, 0.3) is 0 Å². The van der Waals surface area contributed by atoms with Gasteiger partial charge in [-0.15, -0.1) is 0 Å². The van der Waals surface area contributed by atoms with E-state index < -0.39 is 57.8 Å². The lowest BCUT2D eigenvalue weighted by Crippen LogP contribution is -2.30. The Labute approximate surface area is 490 Å². The molecule has 2 N–H and O–H groups in total. The molecule has 0 aliphatic rings. The minimum absolute atomic E-state index is 0.124. The third-order valence-corrected chi connectivity index (χ3v) is 15.1. The summed E-state index contributed by atoms with van der Waals surface area (Å²) in [7, 11) is -4.77. The molecule has 0 saturated carbocycles. The largest absolute Gasteiger partial charge is 0.472 e. The van der Waals surface area contributed by atoms with Gasteiger partial charge in [0.2, 0.25) is 0 Å². The highest BCUT2D eigenvalue weighted by Crippen LogP contribution is 2.43. The molecule has 0 heterocycles. The van der Waals surface area contributed by atoms with E-state index in [1.807, 2.05) is 0 Å². The summed E-state index contributed by atoms with van der Waals surface area (Å²) >= 11 is 0. The van der Waals surface area contributed by atoms with E-state index >= 15 is 0 Å². The summed E-state index contributed by atoms with van der Waals surface area (Å²) in [4.78, 5) is 48.8. The van der Waals surface area contributed by atoms with Crippen LogP contribution in [0.15, 0.2) is 72.9 Å². The fourth-order valence-corrected chi connectivity index (χ4v) is 9.93. The molecule has 0 bridgehead atoms. The summed E-state index contributed by atoms with van der Waals surface area (Å²) in [5.41, 5.74) is 0. The first kappa shape index (κ1) is 76.9. The van der Waals surface area contributed by atoms with Crippen molar-refractivity contribution in [1.82, 2.24) is 0 Å². The summed E-state index contributed by atoms with van der Waals surface area (Å²) < 4.78 is 39.7. The second-order valence-corrected chi connectivity index (χ2v) is 23.4. The van der Waals surface area contributed by atoms with E-state index in [1.54, 1.807) is 0 Å². The molecule has 80 heavy (non-hydrogen) atoms. The van der Waals surface area contributed by atoms with Gasteiger partial charge in [-0.1, -0.05) is 267 Å². The minimum atomic E-state index is -4.77. The second-order valence-electron chi connectivity index (χ2n) is 21.9. The number of ether oxygens (including phenoxy) is 3. The first-order chi connectivity index (χ1) is 39.2. The van der Waals surface area contributed by atoms with Crippen molar-refractivity contribution in [2.45, 2.75) is 315 Å². The van der Waals surface area contributed by atoms with Crippen LogP contribution in [0.1, 0.15) is 303 Å². The Kier molecular flexibility index (Phi) is 59.6. The van der Waals surface area contributed by atoms with Crippen LogP contribution in [-0.4, -0.2) is 66.5 Å². The summed E-state index contributed by atoms with van der Waals surface area (Å²) in [6.45, 7) is 4.51. The van der Waals surface area contributed by atoms with E-state index in [-0.39, 0.29) is 25.9 Å². The molecule has 0 saturated heterocycles. The average Bonchev–Trinajstić information content (AvgIpc) is 3.45. The van der Waals surface area contributed by atoms with Crippen molar-refractivity contribution in [2.24, 2.45) is 0 Å². The monoisotopic (exact) mass is 1140 g/mol. The zero-order valence-electron chi connectivity index (χ0n) is 51.5. The molecule has 3 unspecified atom stereocenters. The lowest BCUT2D eigenvalue weighted by molar-refractivity contribution is -0.161. The van der Waals surface area contributed by atoms with Crippen molar-refractivity contribution >= 4 is 25.7 Å². The van der Waals surface area contributed by atoms with Crippen molar-refractivity contribution in [3.05, 3.63) is 72.9 Å². The van der Waals surface area contributed by atoms with Gasteiger partial charge in [0.05, 0.1) is 19.8 Å². The average molecular weight is 1150 g/mol. The van der Waals surface area contributed by atoms with Crippen LogP contribution in [-0.2, 0) is 42.2 Å². The lowest BCUT2D eigenvalue weighted by Gasteiger charge is -2.21. The zero-order chi connectivity index (χ0) is 58.3. The summed E-state index contributed by atoms with van der Waals surface area (Å²) in [6, 6.07) is 0. The predicted molar refractivity (Wildman–Crippen MR) is 335 cm³/mol. The number of phosphoric ester groups is 1. The molecule has 464 valence electrons. The molecule has 0 spiro atoms. The molecule has 0 radical (unpaired) electrons. The number of aliphatic hydroxyl groups excluding tert-OH is 1. The summed E-state index contributed by atoms with van der Waals surface area (Å²) in [5.74, 6) is -1.50. The fraction of sp³-hybridized carbons (Fsp3) is 0.779. The third kappa shape index (κ3) is 59.5. The van der Waals surface area contributed by atoms with Crippen molar-refractivity contribution in [2.75, 3.05) is 26.4 Å². The first-order valence-corrected chi connectivity index (χ1v) is 34.3. The van der Waals surface area contributed by atoms with Gasteiger partial charge >= 0.3 is 25.7 Å². The Morgan fingerprint density at radius 2 is 0.650 bits per heavy atom. The summed E-state index contributed by atoms with van der Waals surface area (Å²) in [6.07, 6.45) is 71.4. The number of carbonyl (C=O) groups excluding carboxylic acids is 3. The van der Waals surface area contributed by atoms with Gasteiger partial charge in [-0.3, -0.25) is 23.4 Å². The van der Waals surface area contributed by atoms with Crippen LogP contribution in [0, 0.1) is 0 Å². The second kappa shape index (κ2) is 62.0. The molecule has 0 rings (SSSR count).